The maximum absolute atomic E-state index is 11.8. The van der Waals surface area contributed by atoms with Gasteiger partial charge in [0.05, 0.1) is 6.33 Å². The van der Waals surface area contributed by atoms with Gasteiger partial charge in [-0.3, -0.25) is 4.79 Å². The van der Waals surface area contributed by atoms with E-state index >= 15 is 0 Å². The van der Waals surface area contributed by atoms with Gasteiger partial charge in [0.15, 0.2) is 0 Å². The van der Waals surface area contributed by atoms with Crippen molar-refractivity contribution in [2.75, 3.05) is 0 Å². The Hall–Kier alpha value is -1.32. The summed E-state index contributed by atoms with van der Waals surface area (Å²) in [6.45, 7) is 2.50. The van der Waals surface area contributed by atoms with Gasteiger partial charge in [0.2, 0.25) is 5.91 Å². The third-order valence-electron chi connectivity index (χ3n) is 3.63. The molecule has 1 atom stereocenters. The smallest absolute Gasteiger partial charge is 0.240 e. The molecule has 17 heavy (non-hydrogen) atoms. The van der Waals surface area contributed by atoms with Crippen molar-refractivity contribution in [3.05, 3.63) is 18.7 Å². The highest BCUT2D eigenvalue weighted by atomic mass is 16.2. The molecule has 0 saturated heterocycles. The number of hydrogen-bond donors (Lipinski definition) is 1. The fourth-order valence-corrected chi connectivity index (χ4v) is 2.60. The molecule has 1 aromatic rings. The normalized spacial score (nSPS) is 18.9. The van der Waals surface area contributed by atoms with Gasteiger partial charge in [-0.05, 0) is 25.7 Å². The topological polar surface area (TPSA) is 46.9 Å². The Morgan fingerprint density at radius 1 is 1.47 bits per heavy atom. The van der Waals surface area contributed by atoms with Crippen molar-refractivity contribution >= 4 is 5.91 Å². The molecule has 0 radical (unpaired) electrons. The molecule has 1 heterocycles. The number of carbonyl (C=O) groups is 1. The van der Waals surface area contributed by atoms with Crippen molar-refractivity contribution in [2.45, 2.75) is 51.6 Å². The molecule has 1 saturated carbocycles. The lowest BCUT2D eigenvalue weighted by atomic mass is 9.84. The van der Waals surface area contributed by atoms with Crippen molar-refractivity contribution in [1.82, 2.24) is 14.9 Å². The molecule has 94 valence electrons. The predicted octanol–water partition coefficient (Wildman–Crippen LogP) is 1.97. The first kappa shape index (κ1) is 12.1. The van der Waals surface area contributed by atoms with Gasteiger partial charge in [-0.15, -0.1) is 0 Å². The van der Waals surface area contributed by atoms with Crippen LogP contribution in [0.1, 0.15) is 39.0 Å². The van der Waals surface area contributed by atoms with Gasteiger partial charge in [0.25, 0.3) is 0 Å². The monoisotopic (exact) mass is 235 g/mol. The van der Waals surface area contributed by atoms with E-state index in [0.29, 0.717) is 18.5 Å². The number of nitrogens with one attached hydrogen (secondary N) is 1. The summed E-state index contributed by atoms with van der Waals surface area (Å²) in [7, 11) is 0. The molecule has 0 bridgehead atoms. The Morgan fingerprint density at radius 3 is 2.88 bits per heavy atom. The third kappa shape index (κ3) is 3.58. The van der Waals surface area contributed by atoms with Gasteiger partial charge in [0, 0.05) is 18.4 Å². The van der Waals surface area contributed by atoms with Crippen LogP contribution in [0.2, 0.25) is 0 Å². The molecule has 0 spiro atoms. The lowest BCUT2D eigenvalue weighted by molar-refractivity contribution is -0.122. The molecule has 0 unspecified atom stereocenters. The van der Waals surface area contributed by atoms with Gasteiger partial charge >= 0.3 is 0 Å². The zero-order valence-corrected chi connectivity index (χ0v) is 10.4. The summed E-state index contributed by atoms with van der Waals surface area (Å²) in [5.41, 5.74) is 0. The van der Waals surface area contributed by atoms with E-state index in [0.717, 1.165) is 0 Å². The van der Waals surface area contributed by atoms with Gasteiger partial charge in [-0.2, -0.15) is 0 Å². The second-order valence-corrected chi connectivity index (χ2v) is 4.99. The highest BCUT2D eigenvalue weighted by molar-refractivity contribution is 5.76. The van der Waals surface area contributed by atoms with Gasteiger partial charge in [0.1, 0.15) is 6.54 Å². The first-order chi connectivity index (χ1) is 8.25. The fraction of sp³-hybridized carbons (Fsp3) is 0.692. The quantitative estimate of drug-likeness (QED) is 0.867. The summed E-state index contributed by atoms with van der Waals surface area (Å²) in [6, 6.07) is 0.298. The van der Waals surface area contributed by atoms with Gasteiger partial charge in [-0.1, -0.05) is 19.3 Å². The minimum atomic E-state index is 0.0843. The second kappa shape index (κ2) is 5.84. The van der Waals surface area contributed by atoms with Crippen LogP contribution in [-0.2, 0) is 11.3 Å². The molecule has 0 aliphatic heterocycles. The summed E-state index contributed by atoms with van der Waals surface area (Å²) < 4.78 is 1.79. The molecule has 1 aromatic heterocycles. The summed E-state index contributed by atoms with van der Waals surface area (Å²) in [4.78, 5) is 15.7. The van der Waals surface area contributed by atoms with Crippen LogP contribution in [0.15, 0.2) is 18.7 Å². The van der Waals surface area contributed by atoms with Crippen LogP contribution in [0.5, 0.6) is 0 Å². The number of imidazole rings is 1. The Labute approximate surface area is 102 Å². The molecule has 1 amide bonds. The predicted molar refractivity (Wildman–Crippen MR) is 66.4 cm³/mol. The van der Waals surface area contributed by atoms with Gasteiger partial charge in [-0.25, -0.2) is 4.98 Å². The molecule has 1 aliphatic carbocycles. The molecular weight excluding hydrogens is 214 g/mol. The second-order valence-electron chi connectivity index (χ2n) is 4.99. The number of carbonyl (C=O) groups excluding carboxylic acids is 1. The first-order valence-corrected chi connectivity index (χ1v) is 6.51. The highest BCUT2D eigenvalue weighted by Gasteiger charge is 2.21. The van der Waals surface area contributed by atoms with Crippen LogP contribution in [0.25, 0.3) is 0 Å². The number of rotatable bonds is 4. The van der Waals surface area contributed by atoms with Crippen molar-refractivity contribution in [1.29, 1.82) is 0 Å². The van der Waals surface area contributed by atoms with E-state index in [9.17, 15) is 4.79 Å². The Bertz CT molecular complexity index is 342. The molecule has 4 heteroatoms. The van der Waals surface area contributed by atoms with Crippen molar-refractivity contribution in [3.63, 3.8) is 0 Å². The average molecular weight is 235 g/mol. The number of nitrogens with zero attached hydrogens (tertiary/aromatic N) is 2. The Kier molecular flexibility index (Phi) is 4.18. The molecule has 0 aromatic carbocycles. The van der Waals surface area contributed by atoms with Crippen LogP contribution in [0.4, 0.5) is 0 Å². The number of aromatic nitrogens is 2. The molecule has 2 rings (SSSR count). The average Bonchev–Trinajstić information content (AvgIpc) is 2.82. The van der Waals surface area contributed by atoms with Crippen LogP contribution in [0.3, 0.4) is 0 Å². The number of amides is 1. The minimum absolute atomic E-state index is 0.0843. The van der Waals surface area contributed by atoms with Crippen molar-refractivity contribution in [3.8, 4) is 0 Å². The minimum Gasteiger partial charge on any atom is -0.352 e. The van der Waals surface area contributed by atoms with Gasteiger partial charge < -0.3 is 9.88 Å². The van der Waals surface area contributed by atoms with Crippen LogP contribution < -0.4 is 5.32 Å². The fourth-order valence-electron chi connectivity index (χ4n) is 2.60. The molecular formula is C13H21N3O. The zero-order chi connectivity index (χ0) is 12.1. The van der Waals surface area contributed by atoms with E-state index < -0.39 is 0 Å². The van der Waals surface area contributed by atoms with E-state index in [1.807, 2.05) is 6.20 Å². The number of hydrogen-bond acceptors (Lipinski definition) is 2. The summed E-state index contributed by atoms with van der Waals surface area (Å²) in [5.74, 6) is 0.747. The molecule has 1 N–H and O–H groups in total. The van der Waals surface area contributed by atoms with E-state index in [2.05, 4.69) is 17.2 Å². The van der Waals surface area contributed by atoms with E-state index in [1.54, 1.807) is 17.1 Å². The summed E-state index contributed by atoms with van der Waals surface area (Å²) >= 11 is 0. The third-order valence-corrected chi connectivity index (χ3v) is 3.63. The highest BCUT2D eigenvalue weighted by Crippen LogP contribution is 2.26. The molecule has 1 aliphatic rings. The molecule has 4 nitrogen and oxygen atoms in total. The Morgan fingerprint density at radius 2 is 2.24 bits per heavy atom. The zero-order valence-electron chi connectivity index (χ0n) is 10.4. The maximum Gasteiger partial charge on any atom is 0.240 e. The maximum atomic E-state index is 11.8. The summed E-state index contributed by atoms with van der Waals surface area (Å²) in [5, 5.41) is 3.10. The summed E-state index contributed by atoms with van der Waals surface area (Å²) in [6.07, 6.45) is 11.7. The molecule has 1 fully saturated rings. The van der Waals surface area contributed by atoms with Crippen LogP contribution in [0, 0.1) is 5.92 Å². The van der Waals surface area contributed by atoms with E-state index in [1.165, 1.54) is 32.1 Å². The van der Waals surface area contributed by atoms with Crippen LogP contribution in [-0.4, -0.2) is 21.5 Å². The van der Waals surface area contributed by atoms with Crippen molar-refractivity contribution < 1.29 is 4.79 Å². The first-order valence-electron chi connectivity index (χ1n) is 6.51. The lowest BCUT2D eigenvalue weighted by Gasteiger charge is -2.28. The largest absolute Gasteiger partial charge is 0.352 e. The standard InChI is InChI=1S/C13H21N3O/c1-11(12-5-3-2-4-6-12)15-13(17)9-16-8-7-14-10-16/h7-8,10-12H,2-6,9H2,1H3,(H,15,17)/t11-/m0/s1. The SMILES string of the molecule is C[C@H](NC(=O)Cn1ccnc1)C1CCCCC1. The lowest BCUT2D eigenvalue weighted by Crippen LogP contribution is -2.40. The van der Waals surface area contributed by atoms with E-state index in [-0.39, 0.29) is 5.91 Å². The Balaban J connectivity index is 1.77. The van der Waals surface area contributed by atoms with Crippen molar-refractivity contribution in [2.24, 2.45) is 5.92 Å². The van der Waals surface area contributed by atoms with Crippen LogP contribution >= 0.6 is 0 Å². The van der Waals surface area contributed by atoms with E-state index in [4.69, 9.17) is 0 Å².